The molecule has 0 spiro atoms. The van der Waals surface area contributed by atoms with Crippen molar-refractivity contribution in [2.24, 2.45) is 11.5 Å². The Labute approximate surface area is 180 Å². The Balaban J connectivity index is 3.68. The van der Waals surface area contributed by atoms with Crippen molar-refractivity contribution < 1.29 is 23.9 Å². The number of hydrogen-bond acceptors (Lipinski definition) is 7. The number of hydrogen-bond donors (Lipinski definition) is 5. The van der Waals surface area contributed by atoms with Gasteiger partial charge in [0, 0.05) is 31.5 Å². The van der Waals surface area contributed by atoms with E-state index >= 15 is 0 Å². The van der Waals surface area contributed by atoms with Crippen molar-refractivity contribution >= 4 is 17.7 Å². The molecule has 0 aromatic carbocycles. The van der Waals surface area contributed by atoms with Crippen LogP contribution in [0.15, 0.2) is 0 Å². The van der Waals surface area contributed by atoms with E-state index in [4.69, 9.17) is 20.9 Å². The number of rotatable bonds is 18. The molecule has 0 fully saturated rings. The van der Waals surface area contributed by atoms with Gasteiger partial charge in [-0.3, -0.25) is 14.4 Å². The SMILES string of the molecule is CC(C)(C)NCCOCCOCCNC(=O)CCC(=O)NC(CCCCN)C(N)=O. The molecule has 0 aromatic heterocycles. The molecule has 0 heterocycles. The molecule has 30 heavy (non-hydrogen) atoms. The lowest BCUT2D eigenvalue weighted by atomic mass is 10.1. The van der Waals surface area contributed by atoms with Gasteiger partial charge in [-0.05, 0) is 46.6 Å². The molecule has 10 heteroatoms. The Bertz CT molecular complexity index is 496. The lowest BCUT2D eigenvalue weighted by Gasteiger charge is -2.20. The molecule has 0 bridgehead atoms. The number of nitrogens with one attached hydrogen (secondary N) is 3. The highest BCUT2D eigenvalue weighted by atomic mass is 16.5. The minimum atomic E-state index is -0.730. The van der Waals surface area contributed by atoms with Crippen LogP contribution in [0.2, 0.25) is 0 Å². The molecule has 0 rings (SSSR count). The molecule has 1 atom stereocenters. The molecule has 0 aliphatic carbocycles. The van der Waals surface area contributed by atoms with E-state index in [0.29, 0.717) is 52.4 Å². The van der Waals surface area contributed by atoms with E-state index in [-0.39, 0.29) is 30.2 Å². The Morgan fingerprint density at radius 1 is 0.900 bits per heavy atom. The van der Waals surface area contributed by atoms with Gasteiger partial charge in [-0.25, -0.2) is 0 Å². The predicted octanol–water partition coefficient (Wildman–Crippen LogP) is -0.597. The van der Waals surface area contributed by atoms with Crippen LogP contribution in [0.25, 0.3) is 0 Å². The first kappa shape index (κ1) is 28.2. The first-order valence-electron chi connectivity index (χ1n) is 10.6. The second-order valence-corrected chi connectivity index (χ2v) is 8.06. The van der Waals surface area contributed by atoms with Gasteiger partial charge < -0.3 is 36.9 Å². The van der Waals surface area contributed by atoms with Crippen LogP contribution in [0.1, 0.15) is 52.9 Å². The van der Waals surface area contributed by atoms with Crippen LogP contribution in [0.5, 0.6) is 0 Å². The summed E-state index contributed by atoms with van der Waals surface area (Å²) in [7, 11) is 0. The summed E-state index contributed by atoms with van der Waals surface area (Å²) in [4.78, 5) is 35.1. The van der Waals surface area contributed by atoms with E-state index in [0.717, 1.165) is 13.0 Å². The van der Waals surface area contributed by atoms with Crippen molar-refractivity contribution in [2.75, 3.05) is 46.1 Å². The monoisotopic (exact) mass is 431 g/mol. The van der Waals surface area contributed by atoms with Crippen LogP contribution >= 0.6 is 0 Å². The van der Waals surface area contributed by atoms with E-state index in [9.17, 15) is 14.4 Å². The molecule has 176 valence electrons. The molecule has 0 radical (unpaired) electrons. The zero-order valence-electron chi connectivity index (χ0n) is 18.8. The molecule has 0 aliphatic rings. The quantitative estimate of drug-likeness (QED) is 0.181. The summed E-state index contributed by atoms with van der Waals surface area (Å²) >= 11 is 0. The molecule has 0 saturated carbocycles. The van der Waals surface area contributed by atoms with E-state index in [1.54, 1.807) is 0 Å². The number of nitrogens with two attached hydrogens (primary N) is 2. The number of carbonyl (C=O) groups is 3. The van der Waals surface area contributed by atoms with Crippen molar-refractivity contribution in [2.45, 2.75) is 64.5 Å². The van der Waals surface area contributed by atoms with Crippen LogP contribution < -0.4 is 27.4 Å². The van der Waals surface area contributed by atoms with Gasteiger partial charge in [0.05, 0.1) is 26.4 Å². The first-order valence-corrected chi connectivity index (χ1v) is 10.6. The summed E-state index contributed by atoms with van der Waals surface area (Å²) in [5.74, 6) is -1.22. The largest absolute Gasteiger partial charge is 0.378 e. The standard InChI is InChI=1S/C20H41N5O5/c1-20(2,3)24-11-13-30-15-14-29-12-10-23-17(26)7-8-18(27)25-16(19(22)28)6-4-5-9-21/h16,24H,4-15,21H2,1-3H3,(H2,22,28)(H,23,26)(H,25,27). The average Bonchev–Trinajstić information content (AvgIpc) is 2.66. The van der Waals surface area contributed by atoms with E-state index in [1.807, 2.05) is 0 Å². The predicted molar refractivity (Wildman–Crippen MR) is 116 cm³/mol. The zero-order valence-corrected chi connectivity index (χ0v) is 18.8. The van der Waals surface area contributed by atoms with Gasteiger partial charge in [0.15, 0.2) is 0 Å². The van der Waals surface area contributed by atoms with Crippen molar-refractivity contribution in [1.29, 1.82) is 0 Å². The summed E-state index contributed by atoms with van der Waals surface area (Å²) in [5, 5.41) is 8.57. The van der Waals surface area contributed by atoms with E-state index in [2.05, 4.69) is 36.7 Å². The lowest BCUT2D eigenvalue weighted by molar-refractivity contribution is -0.129. The van der Waals surface area contributed by atoms with Crippen molar-refractivity contribution in [3.63, 3.8) is 0 Å². The van der Waals surface area contributed by atoms with Crippen molar-refractivity contribution in [3.05, 3.63) is 0 Å². The highest BCUT2D eigenvalue weighted by molar-refractivity contribution is 5.88. The highest BCUT2D eigenvalue weighted by Crippen LogP contribution is 2.01. The smallest absolute Gasteiger partial charge is 0.239 e. The van der Waals surface area contributed by atoms with Crippen LogP contribution in [-0.4, -0.2) is 75.4 Å². The Kier molecular flexibility index (Phi) is 16.0. The fraction of sp³-hybridized carbons (Fsp3) is 0.850. The minimum Gasteiger partial charge on any atom is -0.378 e. The van der Waals surface area contributed by atoms with Gasteiger partial charge in [-0.15, -0.1) is 0 Å². The van der Waals surface area contributed by atoms with Crippen LogP contribution in [0.3, 0.4) is 0 Å². The van der Waals surface area contributed by atoms with Crippen LogP contribution in [0.4, 0.5) is 0 Å². The molecular formula is C20H41N5O5. The molecule has 0 aliphatic heterocycles. The fourth-order valence-electron chi connectivity index (χ4n) is 2.44. The van der Waals surface area contributed by atoms with Gasteiger partial charge in [0.2, 0.25) is 17.7 Å². The highest BCUT2D eigenvalue weighted by Gasteiger charge is 2.18. The molecule has 0 saturated heterocycles. The molecule has 3 amide bonds. The number of carbonyl (C=O) groups excluding carboxylic acids is 3. The number of primary amides is 1. The molecule has 10 nitrogen and oxygen atoms in total. The van der Waals surface area contributed by atoms with E-state index < -0.39 is 11.9 Å². The fourth-order valence-corrected chi connectivity index (χ4v) is 2.44. The molecule has 0 aromatic rings. The second kappa shape index (κ2) is 17.0. The minimum absolute atomic E-state index is 0.0101. The summed E-state index contributed by atoms with van der Waals surface area (Å²) in [6, 6.07) is -0.730. The summed E-state index contributed by atoms with van der Waals surface area (Å²) < 4.78 is 10.8. The third-order valence-corrected chi connectivity index (χ3v) is 4.05. The lowest BCUT2D eigenvalue weighted by Crippen LogP contribution is -2.44. The average molecular weight is 432 g/mol. The molecule has 1 unspecified atom stereocenters. The zero-order chi connectivity index (χ0) is 22.8. The topological polar surface area (TPSA) is 158 Å². The first-order chi connectivity index (χ1) is 14.2. The summed E-state index contributed by atoms with van der Waals surface area (Å²) in [6.45, 7) is 9.87. The van der Waals surface area contributed by atoms with Crippen LogP contribution in [0, 0.1) is 0 Å². The van der Waals surface area contributed by atoms with Crippen LogP contribution in [-0.2, 0) is 23.9 Å². The number of unbranched alkanes of at least 4 members (excludes halogenated alkanes) is 1. The molecular weight excluding hydrogens is 390 g/mol. The third-order valence-electron chi connectivity index (χ3n) is 4.05. The van der Waals surface area contributed by atoms with Gasteiger partial charge in [-0.2, -0.15) is 0 Å². The maximum absolute atomic E-state index is 11.9. The van der Waals surface area contributed by atoms with Crippen molar-refractivity contribution in [3.8, 4) is 0 Å². The Morgan fingerprint density at radius 2 is 1.50 bits per heavy atom. The van der Waals surface area contributed by atoms with Gasteiger partial charge in [0.25, 0.3) is 0 Å². The third kappa shape index (κ3) is 18.3. The Morgan fingerprint density at radius 3 is 2.07 bits per heavy atom. The van der Waals surface area contributed by atoms with Gasteiger partial charge in [0.1, 0.15) is 6.04 Å². The van der Waals surface area contributed by atoms with Gasteiger partial charge in [-0.1, -0.05) is 0 Å². The number of ether oxygens (including phenoxy) is 2. The Hall–Kier alpha value is -1.75. The molecule has 7 N–H and O–H groups in total. The summed E-state index contributed by atoms with van der Waals surface area (Å²) in [5.41, 5.74) is 10.8. The van der Waals surface area contributed by atoms with Gasteiger partial charge >= 0.3 is 0 Å². The van der Waals surface area contributed by atoms with E-state index in [1.165, 1.54) is 0 Å². The number of amides is 3. The maximum atomic E-state index is 11.9. The normalized spacial score (nSPS) is 12.4. The van der Waals surface area contributed by atoms with Crippen molar-refractivity contribution in [1.82, 2.24) is 16.0 Å². The summed E-state index contributed by atoms with van der Waals surface area (Å²) in [6.07, 6.45) is 1.92. The maximum Gasteiger partial charge on any atom is 0.239 e. The second-order valence-electron chi connectivity index (χ2n) is 8.06.